The number of amides is 1. The maximum Gasteiger partial charge on any atom is 0.276 e. The summed E-state index contributed by atoms with van der Waals surface area (Å²) in [4.78, 5) is 22.9. The Morgan fingerprint density at radius 3 is 2.59 bits per heavy atom. The quantitative estimate of drug-likeness (QED) is 0.323. The number of hydrogen-bond donors (Lipinski definition) is 1. The minimum Gasteiger partial charge on any atom is -0.471 e. The molecule has 2 aromatic carbocycles. The van der Waals surface area contributed by atoms with Crippen LogP contribution in [0, 0.1) is 17.0 Å². The van der Waals surface area contributed by atoms with Crippen LogP contribution in [0.5, 0.6) is 5.75 Å². The molecule has 3 rings (SSSR count). The number of hydrogen-bond acceptors (Lipinski definition) is 5. The summed E-state index contributed by atoms with van der Waals surface area (Å²) in [6, 6.07) is 9.45. The Balaban J connectivity index is 1.68. The maximum atomic E-state index is 12.5. The molecule has 11 heteroatoms. The highest BCUT2D eigenvalue weighted by atomic mass is 79.9. The second-order valence-electron chi connectivity index (χ2n) is 5.92. The van der Waals surface area contributed by atoms with E-state index in [4.69, 9.17) is 16.3 Å². The number of ether oxygens (including phenoxy) is 1. The van der Waals surface area contributed by atoms with E-state index in [2.05, 4.69) is 42.3 Å². The number of carbonyl (C=O) groups excluding carboxylic acids is 1. The van der Waals surface area contributed by atoms with Crippen molar-refractivity contribution in [3.63, 3.8) is 0 Å². The standard InChI is InChI=1S/C18H13Br2ClN4O4/c1-10-6-12(2-3-15(10)21)29-9-24-5-4-16(23-24)18(26)22-17-13(19)7-11(25(27)28)8-14(17)20/h2-8H,9H2,1H3,(H,22,26). The summed E-state index contributed by atoms with van der Waals surface area (Å²) in [5.74, 6) is 0.161. The number of nitrogens with one attached hydrogen (secondary N) is 1. The van der Waals surface area contributed by atoms with Crippen molar-refractivity contribution in [3.05, 3.63) is 77.9 Å². The predicted octanol–water partition coefficient (Wildman–Crippen LogP) is 5.57. The third-order valence-electron chi connectivity index (χ3n) is 3.84. The van der Waals surface area contributed by atoms with Crippen molar-refractivity contribution < 1.29 is 14.5 Å². The molecule has 0 unspecified atom stereocenters. The molecule has 0 aliphatic carbocycles. The fourth-order valence-corrected chi connectivity index (χ4v) is 3.84. The maximum absolute atomic E-state index is 12.5. The highest BCUT2D eigenvalue weighted by molar-refractivity contribution is 9.11. The second kappa shape index (κ2) is 8.93. The van der Waals surface area contributed by atoms with Crippen LogP contribution >= 0.6 is 43.5 Å². The van der Waals surface area contributed by atoms with E-state index in [0.717, 1.165) is 5.56 Å². The molecule has 0 bridgehead atoms. The Morgan fingerprint density at radius 1 is 1.28 bits per heavy atom. The van der Waals surface area contributed by atoms with E-state index in [0.29, 0.717) is 25.4 Å². The van der Waals surface area contributed by atoms with Crippen molar-refractivity contribution in [3.8, 4) is 5.75 Å². The number of nitro benzene ring substituents is 1. The largest absolute Gasteiger partial charge is 0.471 e. The van der Waals surface area contributed by atoms with Gasteiger partial charge in [0.1, 0.15) is 5.75 Å². The van der Waals surface area contributed by atoms with Gasteiger partial charge in [0.15, 0.2) is 12.4 Å². The zero-order chi connectivity index (χ0) is 21.1. The SMILES string of the molecule is Cc1cc(OCn2ccc(C(=O)Nc3c(Br)cc([N+](=O)[O-])cc3Br)n2)ccc1Cl. The van der Waals surface area contributed by atoms with E-state index in [1.165, 1.54) is 16.8 Å². The molecule has 0 saturated carbocycles. The lowest BCUT2D eigenvalue weighted by Gasteiger charge is -2.09. The van der Waals surface area contributed by atoms with E-state index in [1.54, 1.807) is 24.4 Å². The minimum atomic E-state index is -0.523. The first-order chi connectivity index (χ1) is 13.7. The van der Waals surface area contributed by atoms with Crippen LogP contribution in [0.1, 0.15) is 16.1 Å². The molecule has 1 N–H and O–H groups in total. The minimum absolute atomic E-state index is 0.110. The van der Waals surface area contributed by atoms with Gasteiger partial charge in [-0.3, -0.25) is 14.9 Å². The molecule has 1 heterocycles. The molecule has 29 heavy (non-hydrogen) atoms. The fraction of sp³-hybridized carbons (Fsp3) is 0.111. The van der Waals surface area contributed by atoms with E-state index in [1.807, 2.05) is 13.0 Å². The highest BCUT2D eigenvalue weighted by Crippen LogP contribution is 2.35. The van der Waals surface area contributed by atoms with Crippen molar-refractivity contribution in [1.82, 2.24) is 9.78 Å². The number of non-ortho nitro benzene ring substituents is 1. The summed E-state index contributed by atoms with van der Waals surface area (Å²) < 4.78 is 7.85. The van der Waals surface area contributed by atoms with Gasteiger partial charge < -0.3 is 10.1 Å². The number of rotatable bonds is 6. The molecule has 1 aromatic heterocycles. The topological polar surface area (TPSA) is 99.3 Å². The number of aromatic nitrogens is 2. The lowest BCUT2D eigenvalue weighted by atomic mass is 10.2. The van der Waals surface area contributed by atoms with E-state index < -0.39 is 10.8 Å². The van der Waals surface area contributed by atoms with Crippen LogP contribution in [-0.4, -0.2) is 20.6 Å². The zero-order valence-corrected chi connectivity index (χ0v) is 18.8. The fourth-order valence-electron chi connectivity index (χ4n) is 2.36. The smallest absolute Gasteiger partial charge is 0.276 e. The number of nitrogens with zero attached hydrogens (tertiary/aromatic N) is 3. The number of halogens is 3. The van der Waals surface area contributed by atoms with Gasteiger partial charge in [-0.25, -0.2) is 4.68 Å². The molecule has 8 nitrogen and oxygen atoms in total. The average molecular weight is 545 g/mol. The molecule has 0 atom stereocenters. The van der Waals surface area contributed by atoms with Crippen LogP contribution in [-0.2, 0) is 6.73 Å². The van der Waals surface area contributed by atoms with Crippen LogP contribution in [0.4, 0.5) is 11.4 Å². The van der Waals surface area contributed by atoms with Crippen molar-refractivity contribution in [2.45, 2.75) is 13.7 Å². The van der Waals surface area contributed by atoms with Gasteiger partial charge in [-0.1, -0.05) is 11.6 Å². The summed E-state index contributed by atoms with van der Waals surface area (Å²) in [6.07, 6.45) is 1.61. The molecule has 0 aliphatic rings. The molecular formula is C18H13Br2ClN4O4. The first kappa shape index (κ1) is 21.3. The van der Waals surface area contributed by atoms with Crippen molar-refractivity contribution in [1.29, 1.82) is 0 Å². The lowest BCUT2D eigenvalue weighted by Crippen LogP contribution is -2.15. The third-order valence-corrected chi connectivity index (χ3v) is 5.52. The monoisotopic (exact) mass is 542 g/mol. The number of benzene rings is 2. The van der Waals surface area contributed by atoms with Gasteiger partial charge in [0.05, 0.1) is 10.6 Å². The summed E-state index contributed by atoms with van der Waals surface area (Å²) in [5, 5.41) is 18.4. The molecule has 0 saturated heterocycles. The van der Waals surface area contributed by atoms with E-state index in [-0.39, 0.29) is 18.1 Å². The van der Waals surface area contributed by atoms with Crippen LogP contribution in [0.3, 0.4) is 0 Å². The zero-order valence-electron chi connectivity index (χ0n) is 14.9. The first-order valence-electron chi connectivity index (χ1n) is 8.12. The second-order valence-corrected chi connectivity index (χ2v) is 8.04. The predicted molar refractivity (Wildman–Crippen MR) is 115 cm³/mol. The van der Waals surface area contributed by atoms with Crippen molar-refractivity contribution in [2.24, 2.45) is 0 Å². The average Bonchev–Trinajstić information content (AvgIpc) is 3.14. The van der Waals surface area contributed by atoms with Crippen LogP contribution in [0.25, 0.3) is 0 Å². The molecule has 0 fully saturated rings. The summed E-state index contributed by atoms with van der Waals surface area (Å²) in [6.45, 7) is 1.99. The Labute approximate surface area is 187 Å². The highest BCUT2D eigenvalue weighted by Gasteiger charge is 2.18. The molecule has 0 aliphatic heterocycles. The molecule has 1 amide bonds. The third kappa shape index (κ3) is 5.14. The number of nitro groups is 1. The van der Waals surface area contributed by atoms with Crippen molar-refractivity contribution in [2.75, 3.05) is 5.32 Å². The lowest BCUT2D eigenvalue weighted by molar-refractivity contribution is -0.385. The number of aryl methyl sites for hydroxylation is 1. The van der Waals surface area contributed by atoms with Gasteiger partial charge in [-0.2, -0.15) is 5.10 Å². The van der Waals surface area contributed by atoms with E-state index >= 15 is 0 Å². The Hall–Kier alpha value is -2.43. The summed E-state index contributed by atoms with van der Waals surface area (Å²) in [7, 11) is 0. The van der Waals surface area contributed by atoms with E-state index in [9.17, 15) is 14.9 Å². The van der Waals surface area contributed by atoms with Gasteiger partial charge in [0.25, 0.3) is 11.6 Å². The van der Waals surface area contributed by atoms with Crippen LogP contribution in [0.2, 0.25) is 5.02 Å². The number of anilines is 1. The summed E-state index contributed by atoms with van der Waals surface area (Å²) >= 11 is 12.5. The van der Waals surface area contributed by atoms with Gasteiger partial charge in [-0.05, 0) is 68.6 Å². The summed E-state index contributed by atoms with van der Waals surface area (Å²) in [5.41, 5.74) is 1.31. The van der Waals surface area contributed by atoms with Gasteiger partial charge >= 0.3 is 0 Å². The van der Waals surface area contributed by atoms with Gasteiger partial charge in [0, 0.05) is 32.3 Å². The molecule has 150 valence electrons. The van der Waals surface area contributed by atoms with Gasteiger partial charge in [-0.15, -0.1) is 0 Å². The van der Waals surface area contributed by atoms with Crippen molar-refractivity contribution >= 4 is 60.7 Å². The number of carbonyl (C=O) groups is 1. The Morgan fingerprint density at radius 2 is 1.97 bits per heavy atom. The molecule has 0 radical (unpaired) electrons. The molecule has 0 spiro atoms. The Kier molecular flexibility index (Phi) is 6.56. The Bertz CT molecular complexity index is 1080. The van der Waals surface area contributed by atoms with Gasteiger partial charge in [0.2, 0.25) is 0 Å². The van der Waals surface area contributed by atoms with Crippen LogP contribution < -0.4 is 10.1 Å². The first-order valence-corrected chi connectivity index (χ1v) is 10.1. The van der Waals surface area contributed by atoms with Crippen LogP contribution in [0.15, 0.2) is 51.5 Å². The molecule has 3 aromatic rings. The molecular weight excluding hydrogens is 531 g/mol. The normalized spacial score (nSPS) is 10.6.